The fraction of sp³-hybridized carbons (Fsp3) is 0.571. The molecule has 1 fully saturated rings. The maximum absolute atomic E-state index is 6.29. The Bertz CT molecular complexity index is 366. The first kappa shape index (κ1) is 13.2. The second-order valence-electron chi connectivity index (χ2n) is 5.17. The molecule has 0 bridgehead atoms. The van der Waals surface area contributed by atoms with Crippen molar-refractivity contribution in [3.05, 3.63) is 33.8 Å². The van der Waals surface area contributed by atoms with E-state index in [1.165, 1.54) is 12.8 Å². The Labute approximate surface area is 114 Å². The fourth-order valence-corrected chi connectivity index (χ4v) is 2.79. The molecule has 1 aromatic carbocycles. The van der Waals surface area contributed by atoms with Gasteiger partial charge in [-0.3, -0.25) is 0 Å². The molecular formula is C14H19Cl2N. The van der Waals surface area contributed by atoms with Crippen molar-refractivity contribution in [3.8, 4) is 0 Å². The normalized spacial score (nSPS) is 17.5. The predicted octanol–water partition coefficient (Wildman–Crippen LogP) is 4.49. The van der Waals surface area contributed by atoms with Crippen LogP contribution in [0, 0.1) is 5.92 Å². The van der Waals surface area contributed by atoms with Gasteiger partial charge in [0.1, 0.15) is 0 Å². The number of nitrogens with one attached hydrogen (secondary N) is 1. The molecular weight excluding hydrogens is 253 g/mol. The topological polar surface area (TPSA) is 12.0 Å². The van der Waals surface area contributed by atoms with E-state index in [1.54, 1.807) is 0 Å². The van der Waals surface area contributed by atoms with Crippen LogP contribution in [0.15, 0.2) is 18.2 Å². The maximum atomic E-state index is 6.29. The highest BCUT2D eigenvalue weighted by Gasteiger charge is 2.25. The van der Waals surface area contributed by atoms with Gasteiger partial charge in [-0.15, -0.1) is 0 Å². The molecule has 0 spiro atoms. The second-order valence-corrected chi connectivity index (χ2v) is 5.98. The first-order chi connectivity index (χ1) is 8.09. The third-order valence-corrected chi connectivity index (χ3v) is 4.04. The van der Waals surface area contributed by atoms with Gasteiger partial charge in [0.2, 0.25) is 0 Å². The number of hydrogen-bond donors (Lipinski definition) is 1. The minimum Gasteiger partial charge on any atom is -0.313 e. The molecule has 0 amide bonds. The van der Waals surface area contributed by atoms with Gasteiger partial charge in [0.05, 0.1) is 0 Å². The lowest BCUT2D eigenvalue weighted by molar-refractivity contribution is 0.461. The third kappa shape index (κ3) is 3.37. The van der Waals surface area contributed by atoms with E-state index in [2.05, 4.69) is 19.2 Å². The fourth-order valence-electron chi connectivity index (χ4n) is 2.12. The van der Waals surface area contributed by atoms with Crippen molar-refractivity contribution in [2.45, 2.75) is 38.6 Å². The van der Waals surface area contributed by atoms with Crippen molar-refractivity contribution in [3.63, 3.8) is 0 Å². The molecule has 1 saturated carbocycles. The summed E-state index contributed by atoms with van der Waals surface area (Å²) < 4.78 is 0. The van der Waals surface area contributed by atoms with Crippen LogP contribution in [0.5, 0.6) is 0 Å². The molecule has 0 saturated heterocycles. The molecule has 1 nitrogen and oxygen atoms in total. The molecule has 1 aliphatic rings. The Morgan fingerprint density at radius 2 is 1.82 bits per heavy atom. The van der Waals surface area contributed by atoms with Gasteiger partial charge in [-0.1, -0.05) is 43.1 Å². The summed E-state index contributed by atoms with van der Waals surface area (Å²) in [7, 11) is 0. The zero-order chi connectivity index (χ0) is 12.4. The van der Waals surface area contributed by atoms with Gasteiger partial charge < -0.3 is 5.32 Å². The highest BCUT2D eigenvalue weighted by molar-refractivity contribution is 6.36. The molecule has 17 heavy (non-hydrogen) atoms. The first-order valence-electron chi connectivity index (χ1n) is 6.27. The van der Waals surface area contributed by atoms with E-state index < -0.39 is 0 Å². The van der Waals surface area contributed by atoms with Gasteiger partial charge in [-0.2, -0.15) is 0 Å². The average molecular weight is 272 g/mol. The molecule has 1 N–H and O–H groups in total. The van der Waals surface area contributed by atoms with E-state index in [-0.39, 0.29) is 0 Å². The van der Waals surface area contributed by atoms with Crippen LogP contribution in [0.2, 0.25) is 10.0 Å². The molecule has 0 heterocycles. The Hall–Kier alpha value is -0.240. The standard InChI is InChI=1S/C14H19Cl2N/c1-9(2)11(8-17-10-6-7-10)14-12(15)4-3-5-13(14)16/h3-5,9-11,17H,6-8H2,1-2H3. The van der Waals surface area contributed by atoms with Crippen molar-refractivity contribution in [1.82, 2.24) is 5.32 Å². The van der Waals surface area contributed by atoms with Gasteiger partial charge >= 0.3 is 0 Å². The van der Waals surface area contributed by atoms with Crippen LogP contribution in [0.25, 0.3) is 0 Å². The highest BCUT2D eigenvalue weighted by atomic mass is 35.5. The van der Waals surface area contributed by atoms with Gasteiger partial charge in [-0.25, -0.2) is 0 Å². The van der Waals surface area contributed by atoms with Crippen molar-refractivity contribution in [1.29, 1.82) is 0 Å². The molecule has 0 aliphatic heterocycles. The first-order valence-corrected chi connectivity index (χ1v) is 7.02. The minimum atomic E-state index is 0.386. The van der Waals surface area contributed by atoms with Gasteiger partial charge in [0.15, 0.2) is 0 Å². The lowest BCUT2D eigenvalue weighted by atomic mass is 9.88. The molecule has 1 aromatic rings. The summed E-state index contributed by atoms with van der Waals surface area (Å²) in [6, 6.07) is 6.47. The van der Waals surface area contributed by atoms with Crippen LogP contribution < -0.4 is 5.32 Å². The van der Waals surface area contributed by atoms with Crippen LogP contribution in [0.1, 0.15) is 38.2 Å². The van der Waals surface area contributed by atoms with Gasteiger partial charge in [0.25, 0.3) is 0 Å². The molecule has 94 valence electrons. The van der Waals surface area contributed by atoms with Crippen LogP contribution in [-0.4, -0.2) is 12.6 Å². The summed E-state index contributed by atoms with van der Waals surface area (Å²) in [5, 5.41) is 5.15. The van der Waals surface area contributed by atoms with Crippen LogP contribution in [0.4, 0.5) is 0 Å². The predicted molar refractivity (Wildman–Crippen MR) is 75.1 cm³/mol. The molecule has 0 radical (unpaired) electrons. The molecule has 1 unspecified atom stereocenters. The zero-order valence-electron chi connectivity index (χ0n) is 10.3. The number of hydrogen-bond acceptors (Lipinski definition) is 1. The lowest BCUT2D eigenvalue weighted by Crippen LogP contribution is -2.26. The SMILES string of the molecule is CC(C)C(CNC1CC1)c1c(Cl)cccc1Cl. The summed E-state index contributed by atoms with van der Waals surface area (Å²) >= 11 is 12.6. The summed E-state index contributed by atoms with van der Waals surface area (Å²) in [5.41, 5.74) is 1.10. The molecule has 1 atom stereocenters. The zero-order valence-corrected chi connectivity index (χ0v) is 11.9. The smallest absolute Gasteiger partial charge is 0.0456 e. The number of halogens is 2. The van der Waals surface area contributed by atoms with E-state index in [9.17, 15) is 0 Å². The Morgan fingerprint density at radius 1 is 1.24 bits per heavy atom. The molecule has 0 aromatic heterocycles. The van der Waals surface area contributed by atoms with Crippen molar-refractivity contribution >= 4 is 23.2 Å². The molecule has 1 aliphatic carbocycles. The third-order valence-electron chi connectivity index (χ3n) is 3.38. The monoisotopic (exact) mass is 271 g/mol. The van der Waals surface area contributed by atoms with Crippen LogP contribution in [0.3, 0.4) is 0 Å². The highest BCUT2D eigenvalue weighted by Crippen LogP contribution is 2.35. The van der Waals surface area contributed by atoms with Gasteiger partial charge in [0, 0.05) is 28.5 Å². The van der Waals surface area contributed by atoms with E-state index in [4.69, 9.17) is 23.2 Å². The van der Waals surface area contributed by atoms with Crippen molar-refractivity contribution in [2.75, 3.05) is 6.54 Å². The largest absolute Gasteiger partial charge is 0.313 e. The Balaban J connectivity index is 2.18. The minimum absolute atomic E-state index is 0.386. The maximum Gasteiger partial charge on any atom is 0.0456 e. The molecule has 2 rings (SSSR count). The van der Waals surface area contributed by atoms with E-state index in [1.807, 2.05) is 18.2 Å². The van der Waals surface area contributed by atoms with E-state index in [0.29, 0.717) is 11.8 Å². The van der Waals surface area contributed by atoms with Gasteiger partial charge in [-0.05, 0) is 36.5 Å². The Kier molecular flexibility index (Phi) is 4.35. The summed E-state index contributed by atoms with van der Waals surface area (Å²) in [5.74, 6) is 0.912. The van der Waals surface area contributed by atoms with E-state index >= 15 is 0 Å². The van der Waals surface area contributed by atoms with Crippen LogP contribution >= 0.6 is 23.2 Å². The summed E-state index contributed by atoms with van der Waals surface area (Å²) in [6.07, 6.45) is 2.61. The second kappa shape index (κ2) is 5.60. The summed E-state index contributed by atoms with van der Waals surface area (Å²) in [6.45, 7) is 5.41. The lowest BCUT2D eigenvalue weighted by Gasteiger charge is -2.24. The number of benzene rings is 1. The Morgan fingerprint density at radius 3 is 2.29 bits per heavy atom. The quantitative estimate of drug-likeness (QED) is 0.833. The van der Waals surface area contributed by atoms with Crippen LogP contribution in [-0.2, 0) is 0 Å². The summed E-state index contributed by atoms with van der Waals surface area (Å²) in [4.78, 5) is 0. The van der Waals surface area contributed by atoms with Crippen molar-refractivity contribution in [2.24, 2.45) is 5.92 Å². The number of rotatable bonds is 5. The van der Waals surface area contributed by atoms with Crippen molar-refractivity contribution < 1.29 is 0 Å². The van der Waals surface area contributed by atoms with E-state index in [0.717, 1.165) is 28.2 Å². The molecule has 3 heteroatoms. The average Bonchev–Trinajstić information content (AvgIpc) is 3.05.